The number of nitrogens with one attached hydrogen (secondary N) is 1. The normalized spacial score (nSPS) is 15.2. The molecule has 0 aliphatic carbocycles. The molecule has 4 rings (SSSR count). The lowest BCUT2D eigenvalue weighted by Gasteiger charge is -2.26. The average Bonchev–Trinajstić information content (AvgIpc) is 3.04. The fourth-order valence-electron chi connectivity index (χ4n) is 3.76. The zero-order chi connectivity index (χ0) is 23.9. The van der Waals surface area contributed by atoms with Crippen molar-refractivity contribution in [2.24, 2.45) is 0 Å². The minimum atomic E-state index is -0.875. The van der Waals surface area contributed by atoms with Crippen molar-refractivity contribution in [2.75, 3.05) is 12.0 Å². The van der Waals surface area contributed by atoms with Gasteiger partial charge in [-0.05, 0) is 74.0 Å². The Bertz CT molecular complexity index is 1330. The highest BCUT2D eigenvalue weighted by Gasteiger charge is 2.37. The zero-order valence-corrected chi connectivity index (χ0v) is 18.7. The molecule has 1 aliphatic heterocycles. The van der Waals surface area contributed by atoms with Crippen molar-refractivity contribution in [1.29, 1.82) is 0 Å². The maximum absolute atomic E-state index is 13.3. The van der Waals surface area contributed by atoms with Crippen LogP contribution in [0.15, 0.2) is 54.1 Å². The number of hydrogen-bond donors (Lipinski definition) is 1. The minimum absolute atomic E-state index is 0.193. The Morgan fingerprint density at radius 1 is 1.00 bits per heavy atom. The van der Waals surface area contributed by atoms with Crippen LogP contribution in [0.25, 0.3) is 11.8 Å². The van der Waals surface area contributed by atoms with E-state index in [9.17, 15) is 18.8 Å². The number of carbonyl (C=O) groups is 3. The molecule has 1 aromatic heterocycles. The zero-order valence-electron chi connectivity index (χ0n) is 18.0. The smallest absolute Gasteiger partial charge is 0.335 e. The molecular formula is C24H19ClFN3O4. The minimum Gasteiger partial charge on any atom is -0.495 e. The molecule has 0 spiro atoms. The fraction of sp³-hybridized carbons (Fsp3) is 0.125. The second-order valence-corrected chi connectivity index (χ2v) is 7.82. The number of amides is 4. The highest BCUT2D eigenvalue weighted by molar-refractivity contribution is 6.39. The third-order valence-electron chi connectivity index (χ3n) is 5.35. The van der Waals surface area contributed by atoms with Crippen LogP contribution in [0, 0.1) is 19.7 Å². The van der Waals surface area contributed by atoms with Gasteiger partial charge in [0.1, 0.15) is 17.1 Å². The Hall–Kier alpha value is -3.91. The first-order valence-electron chi connectivity index (χ1n) is 9.91. The van der Waals surface area contributed by atoms with Crippen molar-refractivity contribution in [3.63, 3.8) is 0 Å². The first-order valence-corrected chi connectivity index (χ1v) is 10.3. The van der Waals surface area contributed by atoms with Gasteiger partial charge in [0, 0.05) is 17.1 Å². The fourth-order valence-corrected chi connectivity index (χ4v) is 4.01. The number of halogens is 2. The summed E-state index contributed by atoms with van der Waals surface area (Å²) in [5.74, 6) is -1.55. The van der Waals surface area contributed by atoms with E-state index in [1.54, 1.807) is 18.2 Å². The number of nitrogens with zero attached hydrogens (tertiary/aromatic N) is 2. The van der Waals surface area contributed by atoms with E-state index in [4.69, 9.17) is 16.3 Å². The number of methoxy groups -OCH3 is 1. The predicted octanol–water partition coefficient (Wildman–Crippen LogP) is 4.56. The molecule has 1 aliphatic rings. The molecule has 1 N–H and O–H groups in total. The van der Waals surface area contributed by atoms with Crippen LogP contribution in [0.5, 0.6) is 5.75 Å². The summed E-state index contributed by atoms with van der Waals surface area (Å²) in [5, 5.41) is 2.40. The van der Waals surface area contributed by atoms with Gasteiger partial charge in [0.2, 0.25) is 0 Å². The average molecular weight is 468 g/mol. The number of ether oxygens (including phenoxy) is 1. The molecule has 0 atom stereocenters. The summed E-state index contributed by atoms with van der Waals surface area (Å²) in [6.07, 6.45) is 1.44. The van der Waals surface area contributed by atoms with E-state index in [2.05, 4.69) is 5.32 Å². The molecule has 3 aromatic rings. The lowest BCUT2D eigenvalue weighted by molar-refractivity contribution is -0.122. The van der Waals surface area contributed by atoms with E-state index in [-0.39, 0.29) is 22.1 Å². The van der Waals surface area contributed by atoms with Gasteiger partial charge in [0.15, 0.2) is 0 Å². The summed E-state index contributed by atoms with van der Waals surface area (Å²) in [7, 11) is 1.45. The molecule has 1 saturated heterocycles. The predicted molar refractivity (Wildman–Crippen MR) is 122 cm³/mol. The molecule has 33 heavy (non-hydrogen) atoms. The number of benzene rings is 2. The summed E-state index contributed by atoms with van der Waals surface area (Å²) in [6.45, 7) is 3.68. The number of carbonyl (C=O) groups excluding carboxylic acids is 3. The Morgan fingerprint density at radius 3 is 2.30 bits per heavy atom. The topological polar surface area (TPSA) is 80.6 Å². The van der Waals surface area contributed by atoms with Gasteiger partial charge in [-0.1, -0.05) is 11.6 Å². The van der Waals surface area contributed by atoms with Crippen LogP contribution in [-0.2, 0) is 9.59 Å². The lowest BCUT2D eigenvalue weighted by Crippen LogP contribution is -2.54. The first-order chi connectivity index (χ1) is 15.7. The van der Waals surface area contributed by atoms with Crippen LogP contribution >= 0.6 is 11.6 Å². The molecule has 9 heteroatoms. The van der Waals surface area contributed by atoms with Crippen molar-refractivity contribution in [1.82, 2.24) is 9.88 Å². The summed E-state index contributed by atoms with van der Waals surface area (Å²) in [5.41, 5.74) is 2.89. The molecule has 0 saturated carbocycles. The van der Waals surface area contributed by atoms with Crippen molar-refractivity contribution in [3.8, 4) is 11.4 Å². The van der Waals surface area contributed by atoms with Crippen LogP contribution < -0.4 is 15.0 Å². The molecule has 2 heterocycles. The van der Waals surface area contributed by atoms with E-state index in [1.807, 2.05) is 18.4 Å². The van der Waals surface area contributed by atoms with Crippen molar-refractivity contribution in [3.05, 3.63) is 81.9 Å². The number of hydrogen-bond acceptors (Lipinski definition) is 4. The summed E-state index contributed by atoms with van der Waals surface area (Å²) in [6, 6.07) is 11.3. The Balaban J connectivity index is 1.75. The molecule has 4 amide bonds. The third-order valence-corrected chi connectivity index (χ3v) is 5.65. The number of urea groups is 1. The van der Waals surface area contributed by atoms with Gasteiger partial charge >= 0.3 is 6.03 Å². The van der Waals surface area contributed by atoms with E-state index >= 15 is 0 Å². The maximum Gasteiger partial charge on any atom is 0.335 e. The maximum atomic E-state index is 13.3. The highest BCUT2D eigenvalue weighted by Crippen LogP contribution is 2.31. The van der Waals surface area contributed by atoms with Crippen LogP contribution in [0.1, 0.15) is 17.0 Å². The molecule has 2 aromatic carbocycles. The Kier molecular flexibility index (Phi) is 5.78. The molecule has 1 fully saturated rings. The summed E-state index contributed by atoms with van der Waals surface area (Å²) >= 11 is 6.15. The molecule has 7 nitrogen and oxygen atoms in total. The molecular weight excluding hydrogens is 449 g/mol. The monoisotopic (exact) mass is 467 g/mol. The summed E-state index contributed by atoms with van der Waals surface area (Å²) < 4.78 is 20.3. The van der Waals surface area contributed by atoms with Crippen molar-refractivity contribution < 1.29 is 23.5 Å². The molecule has 0 bridgehead atoms. The number of rotatable bonds is 4. The van der Waals surface area contributed by atoms with Crippen molar-refractivity contribution in [2.45, 2.75) is 13.8 Å². The highest BCUT2D eigenvalue weighted by atomic mass is 35.5. The van der Waals surface area contributed by atoms with Crippen LogP contribution in [-0.4, -0.2) is 29.5 Å². The van der Waals surface area contributed by atoms with Gasteiger partial charge in [0.25, 0.3) is 11.8 Å². The number of aryl methyl sites for hydroxylation is 1. The number of imide groups is 2. The standard InChI is InChI=1S/C24H19ClFN3O4/c1-13-10-15(14(2)28(13)17-6-4-16(26)5-7-17)11-19-22(30)27-24(32)29(23(19)31)18-8-9-21(33-3)20(25)12-18/h4-12H,1-3H3,(H,27,30,32)/b19-11-. The number of barbiturate groups is 1. The van der Waals surface area contributed by atoms with Crippen molar-refractivity contribution >= 4 is 41.2 Å². The number of anilines is 1. The first kappa shape index (κ1) is 22.3. The van der Waals surface area contributed by atoms with Gasteiger partial charge in [0.05, 0.1) is 17.8 Å². The lowest BCUT2D eigenvalue weighted by atomic mass is 10.1. The summed E-state index contributed by atoms with van der Waals surface area (Å²) in [4.78, 5) is 39.0. The Labute approximate surface area is 194 Å². The largest absolute Gasteiger partial charge is 0.495 e. The molecule has 168 valence electrons. The van der Waals surface area contributed by atoms with Gasteiger partial charge in [-0.2, -0.15) is 0 Å². The van der Waals surface area contributed by atoms with Crippen LogP contribution in [0.2, 0.25) is 5.02 Å². The van der Waals surface area contributed by atoms with E-state index in [0.29, 0.717) is 11.3 Å². The van der Waals surface area contributed by atoms with Gasteiger partial charge in [-0.15, -0.1) is 0 Å². The molecule has 0 radical (unpaired) electrons. The van der Waals surface area contributed by atoms with Gasteiger partial charge in [-0.3, -0.25) is 14.9 Å². The molecule has 0 unspecified atom stereocenters. The second-order valence-electron chi connectivity index (χ2n) is 7.41. The van der Waals surface area contributed by atoms with Gasteiger partial charge < -0.3 is 9.30 Å². The SMILES string of the molecule is COc1ccc(N2C(=O)NC(=O)/C(=C/c3cc(C)n(-c4ccc(F)cc4)c3C)C2=O)cc1Cl. The quantitative estimate of drug-likeness (QED) is 0.450. The van der Waals surface area contributed by atoms with E-state index in [1.165, 1.54) is 43.5 Å². The second kappa shape index (κ2) is 8.55. The third kappa shape index (κ3) is 4.01. The van der Waals surface area contributed by atoms with Gasteiger partial charge in [-0.25, -0.2) is 14.1 Å². The van der Waals surface area contributed by atoms with Crippen LogP contribution in [0.3, 0.4) is 0 Å². The Morgan fingerprint density at radius 2 is 1.67 bits per heavy atom. The van der Waals surface area contributed by atoms with E-state index in [0.717, 1.165) is 22.0 Å². The van der Waals surface area contributed by atoms with Crippen LogP contribution in [0.4, 0.5) is 14.9 Å². The number of aromatic nitrogens is 1. The van der Waals surface area contributed by atoms with E-state index < -0.39 is 17.8 Å².